The van der Waals surface area contributed by atoms with Gasteiger partial charge in [0, 0.05) is 37.1 Å². The van der Waals surface area contributed by atoms with Crippen molar-refractivity contribution in [1.29, 1.82) is 0 Å². The van der Waals surface area contributed by atoms with Crippen molar-refractivity contribution in [3.8, 4) is 11.1 Å². The summed E-state index contributed by atoms with van der Waals surface area (Å²) in [7, 11) is 0. The summed E-state index contributed by atoms with van der Waals surface area (Å²) in [6.45, 7) is 6.53. The van der Waals surface area contributed by atoms with Gasteiger partial charge in [0.2, 0.25) is 0 Å². The number of hydrogen-bond acceptors (Lipinski definition) is 4. The van der Waals surface area contributed by atoms with Crippen molar-refractivity contribution in [2.75, 3.05) is 18.0 Å². The molecule has 0 unspecified atom stereocenters. The van der Waals surface area contributed by atoms with Crippen LogP contribution in [-0.2, 0) is 6.54 Å². The average Bonchev–Trinajstić information content (AvgIpc) is 3.38. The molecule has 0 saturated carbocycles. The third kappa shape index (κ3) is 4.33. The number of hydrogen-bond donors (Lipinski definition) is 1. The number of pyridine rings is 2. The minimum Gasteiger partial charge on any atom is -0.372 e. The molecule has 0 aliphatic rings. The summed E-state index contributed by atoms with van der Waals surface area (Å²) in [4.78, 5) is 29.3. The summed E-state index contributed by atoms with van der Waals surface area (Å²) in [5.41, 5.74) is 4.49. The van der Waals surface area contributed by atoms with Crippen LogP contribution in [0.4, 0.5) is 5.69 Å². The Balaban J connectivity index is 1.57. The second kappa shape index (κ2) is 9.76. The van der Waals surface area contributed by atoms with Gasteiger partial charge in [-0.1, -0.05) is 42.5 Å². The van der Waals surface area contributed by atoms with Crippen LogP contribution in [0.25, 0.3) is 26.7 Å². The number of carbonyl (C=O) groups is 1. The van der Waals surface area contributed by atoms with Gasteiger partial charge in [0.15, 0.2) is 0 Å². The zero-order valence-electron chi connectivity index (χ0n) is 19.8. The van der Waals surface area contributed by atoms with Gasteiger partial charge in [-0.25, -0.2) is 0 Å². The summed E-state index contributed by atoms with van der Waals surface area (Å²) in [5.74, 6) is -0.200. The van der Waals surface area contributed by atoms with Crippen molar-refractivity contribution < 1.29 is 4.79 Å². The SMILES string of the molecule is CCN(CC)c1cccc(CNC(=O)c2cc(-c3ccccc3)c(=O)n3ccc4ccsc4c23)c1. The van der Waals surface area contributed by atoms with Gasteiger partial charge in [0.25, 0.3) is 11.5 Å². The molecule has 0 aliphatic carbocycles. The van der Waals surface area contributed by atoms with Crippen molar-refractivity contribution in [3.63, 3.8) is 0 Å². The Hall–Kier alpha value is -3.90. The van der Waals surface area contributed by atoms with E-state index in [1.54, 1.807) is 16.7 Å². The lowest BCUT2D eigenvalue weighted by Crippen LogP contribution is -2.27. The van der Waals surface area contributed by atoms with Crippen molar-refractivity contribution in [3.05, 3.63) is 106 Å². The lowest BCUT2D eigenvalue weighted by molar-refractivity contribution is 0.0952. The maximum atomic E-state index is 13.6. The Bertz CT molecular complexity index is 1570. The van der Waals surface area contributed by atoms with Gasteiger partial charge < -0.3 is 10.2 Å². The van der Waals surface area contributed by atoms with Crippen molar-refractivity contribution in [2.24, 2.45) is 0 Å². The lowest BCUT2D eigenvalue weighted by Gasteiger charge is -2.21. The molecule has 35 heavy (non-hydrogen) atoms. The Morgan fingerprint density at radius 2 is 1.77 bits per heavy atom. The lowest BCUT2D eigenvalue weighted by atomic mass is 10.0. The van der Waals surface area contributed by atoms with E-state index >= 15 is 0 Å². The summed E-state index contributed by atoms with van der Waals surface area (Å²) < 4.78 is 2.54. The number of benzene rings is 2. The fraction of sp³-hybridized carbons (Fsp3) is 0.172. The Kier molecular flexibility index (Phi) is 6.38. The number of fused-ring (bicyclic) bond motifs is 3. The summed E-state index contributed by atoms with van der Waals surface area (Å²) in [6, 6.07) is 23.4. The van der Waals surface area contributed by atoms with Gasteiger partial charge in [-0.3, -0.25) is 14.0 Å². The molecule has 0 saturated heterocycles. The predicted octanol–water partition coefficient (Wildman–Crippen LogP) is 5.96. The standard InChI is InChI=1S/C29H27N3O2S/c1-3-31(4-2)23-12-8-9-20(17-23)19-30-28(33)25-18-24(21-10-6-5-7-11-21)29(34)32-15-13-22-14-16-35-27(22)26(25)32/h5-18H,3-4,19H2,1-2H3,(H,30,33). The number of nitrogens with one attached hydrogen (secondary N) is 1. The zero-order valence-corrected chi connectivity index (χ0v) is 20.6. The summed E-state index contributed by atoms with van der Waals surface area (Å²) in [6.07, 6.45) is 1.77. The molecule has 1 N–H and O–H groups in total. The molecule has 0 radical (unpaired) electrons. The first kappa shape index (κ1) is 22.9. The van der Waals surface area contributed by atoms with Crippen molar-refractivity contribution >= 4 is 38.5 Å². The third-order valence-electron chi connectivity index (χ3n) is 6.37. The van der Waals surface area contributed by atoms with Crippen LogP contribution in [-0.4, -0.2) is 23.4 Å². The van der Waals surface area contributed by atoms with E-state index in [1.807, 2.05) is 60.0 Å². The Labute approximate surface area is 208 Å². The molecule has 2 aromatic carbocycles. The maximum Gasteiger partial charge on any atom is 0.263 e. The normalized spacial score (nSPS) is 11.1. The topological polar surface area (TPSA) is 53.8 Å². The molecule has 5 aromatic rings. The van der Waals surface area contributed by atoms with Crippen LogP contribution in [0.1, 0.15) is 29.8 Å². The van der Waals surface area contributed by atoms with Crippen LogP contribution in [0.3, 0.4) is 0 Å². The van der Waals surface area contributed by atoms with Gasteiger partial charge in [0.1, 0.15) is 0 Å². The highest BCUT2D eigenvalue weighted by molar-refractivity contribution is 7.18. The number of anilines is 1. The van der Waals surface area contributed by atoms with Crippen LogP contribution in [0, 0.1) is 0 Å². The molecule has 0 spiro atoms. The minimum absolute atomic E-state index is 0.134. The molecule has 0 atom stereocenters. The second-order valence-electron chi connectivity index (χ2n) is 8.41. The van der Waals surface area contributed by atoms with E-state index in [0.717, 1.165) is 40.0 Å². The van der Waals surface area contributed by atoms with Crippen molar-refractivity contribution in [2.45, 2.75) is 20.4 Å². The smallest absolute Gasteiger partial charge is 0.263 e. The van der Waals surface area contributed by atoms with Crippen LogP contribution in [0.2, 0.25) is 0 Å². The molecule has 3 heterocycles. The minimum atomic E-state index is -0.200. The first-order valence-electron chi connectivity index (χ1n) is 11.8. The van der Waals surface area contributed by atoms with Crippen LogP contribution in [0.5, 0.6) is 0 Å². The Morgan fingerprint density at radius 3 is 2.54 bits per heavy atom. The highest BCUT2D eigenvalue weighted by Crippen LogP contribution is 2.29. The van der Waals surface area contributed by atoms with E-state index in [4.69, 9.17) is 0 Å². The summed E-state index contributed by atoms with van der Waals surface area (Å²) >= 11 is 1.54. The number of aromatic nitrogens is 1. The maximum absolute atomic E-state index is 13.6. The highest BCUT2D eigenvalue weighted by Gasteiger charge is 2.19. The van der Waals surface area contributed by atoms with E-state index in [9.17, 15) is 9.59 Å². The van der Waals surface area contributed by atoms with E-state index in [2.05, 4.69) is 36.2 Å². The van der Waals surface area contributed by atoms with E-state index in [0.29, 0.717) is 23.2 Å². The van der Waals surface area contributed by atoms with Crippen LogP contribution in [0.15, 0.2) is 89.2 Å². The molecule has 5 rings (SSSR count). The van der Waals surface area contributed by atoms with E-state index < -0.39 is 0 Å². The third-order valence-corrected chi connectivity index (χ3v) is 7.31. The quantitative estimate of drug-likeness (QED) is 0.312. The molecule has 176 valence electrons. The predicted molar refractivity (Wildman–Crippen MR) is 146 cm³/mol. The van der Waals surface area contributed by atoms with Crippen LogP contribution < -0.4 is 15.8 Å². The van der Waals surface area contributed by atoms with Gasteiger partial charge in [-0.05, 0) is 66.1 Å². The molecule has 5 nitrogen and oxygen atoms in total. The zero-order chi connectivity index (χ0) is 24.4. The highest BCUT2D eigenvalue weighted by atomic mass is 32.1. The van der Waals surface area contributed by atoms with Gasteiger partial charge in [-0.2, -0.15) is 0 Å². The first-order valence-corrected chi connectivity index (χ1v) is 12.7. The van der Waals surface area contributed by atoms with Gasteiger partial charge in [-0.15, -0.1) is 11.3 Å². The number of thiophene rings is 1. The second-order valence-corrected chi connectivity index (χ2v) is 9.32. The first-order chi connectivity index (χ1) is 17.1. The van der Waals surface area contributed by atoms with E-state index in [-0.39, 0.29) is 11.5 Å². The fourth-order valence-electron chi connectivity index (χ4n) is 4.53. The molecule has 0 aliphatic heterocycles. The molecular weight excluding hydrogens is 454 g/mol. The largest absolute Gasteiger partial charge is 0.372 e. The number of nitrogens with zero attached hydrogens (tertiary/aromatic N) is 2. The fourth-order valence-corrected chi connectivity index (χ4v) is 5.48. The monoisotopic (exact) mass is 481 g/mol. The van der Waals surface area contributed by atoms with Crippen LogP contribution >= 0.6 is 11.3 Å². The van der Waals surface area contributed by atoms with Gasteiger partial charge >= 0.3 is 0 Å². The number of amides is 1. The molecule has 1 amide bonds. The van der Waals surface area contributed by atoms with Gasteiger partial charge in [0.05, 0.1) is 15.8 Å². The van der Waals surface area contributed by atoms with Crippen molar-refractivity contribution in [1.82, 2.24) is 9.72 Å². The number of rotatable bonds is 7. The Morgan fingerprint density at radius 1 is 0.971 bits per heavy atom. The van der Waals surface area contributed by atoms with E-state index in [1.165, 1.54) is 11.3 Å². The average molecular weight is 482 g/mol. The molecule has 0 bridgehead atoms. The molecule has 0 fully saturated rings. The number of carbonyl (C=O) groups excluding carboxylic acids is 1. The summed E-state index contributed by atoms with van der Waals surface area (Å²) in [5, 5.41) is 6.10. The molecule has 6 heteroatoms. The molecular formula is C29H27N3O2S. The molecule has 3 aromatic heterocycles.